The van der Waals surface area contributed by atoms with Crippen LogP contribution >= 0.6 is 11.3 Å². The van der Waals surface area contributed by atoms with Crippen molar-refractivity contribution in [3.05, 3.63) is 64.0 Å². The van der Waals surface area contributed by atoms with Crippen LogP contribution in [0.3, 0.4) is 0 Å². The number of rotatable bonds is 2. The van der Waals surface area contributed by atoms with E-state index in [4.69, 9.17) is 0 Å². The van der Waals surface area contributed by atoms with Crippen molar-refractivity contribution in [2.24, 2.45) is 4.99 Å². The van der Waals surface area contributed by atoms with E-state index >= 15 is 0 Å². The van der Waals surface area contributed by atoms with E-state index < -0.39 is 0 Å². The predicted molar refractivity (Wildman–Crippen MR) is 73.4 cm³/mol. The van der Waals surface area contributed by atoms with Gasteiger partial charge in [-0.25, -0.2) is 4.99 Å². The SMILES string of the molecule is O=C1NC(c2cccs2)=N/C1=C/c1ccccc1. The fourth-order valence-electron chi connectivity index (χ4n) is 1.71. The van der Waals surface area contributed by atoms with Crippen molar-refractivity contribution in [2.75, 3.05) is 0 Å². The molecule has 2 heterocycles. The lowest BCUT2D eigenvalue weighted by Gasteiger charge is -1.94. The summed E-state index contributed by atoms with van der Waals surface area (Å²) in [5.74, 6) is 0.486. The molecule has 1 aliphatic rings. The van der Waals surface area contributed by atoms with E-state index in [0.29, 0.717) is 11.5 Å². The van der Waals surface area contributed by atoms with E-state index in [0.717, 1.165) is 10.4 Å². The maximum atomic E-state index is 11.8. The first-order valence-corrected chi connectivity index (χ1v) is 6.41. The van der Waals surface area contributed by atoms with Gasteiger partial charge in [0.2, 0.25) is 0 Å². The van der Waals surface area contributed by atoms with E-state index in [2.05, 4.69) is 10.3 Å². The van der Waals surface area contributed by atoms with Gasteiger partial charge in [0.05, 0.1) is 4.88 Å². The normalized spacial score (nSPS) is 16.8. The van der Waals surface area contributed by atoms with Gasteiger partial charge in [-0.15, -0.1) is 11.3 Å². The molecule has 0 fully saturated rings. The quantitative estimate of drug-likeness (QED) is 0.822. The van der Waals surface area contributed by atoms with Crippen LogP contribution in [0.4, 0.5) is 0 Å². The Morgan fingerprint density at radius 1 is 1.11 bits per heavy atom. The fraction of sp³-hybridized carbons (Fsp3) is 0. The molecule has 1 aromatic carbocycles. The van der Waals surface area contributed by atoms with Crippen molar-refractivity contribution in [1.29, 1.82) is 0 Å². The molecule has 1 N–H and O–H groups in total. The first-order valence-electron chi connectivity index (χ1n) is 5.53. The molecule has 0 spiro atoms. The van der Waals surface area contributed by atoms with Crippen LogP contribution in [0.2, 0.25) is 0 Å². The number of hydrogen-bond acceptors (Lipinski definition) is 3. The van der Waals surface area contributed by atoms with E-state index in [1.165, 1.54) is 0 Å². The summed E-state index contributed by atoms with van der Waals surface area (Å²) in [5, 5.41) is 4.74. The van der Waals surface area contributed by atoms with Crippen molar-refractivity contribution in [1.82, 2.24) is 5.32 Å². The third kappa shape index (κ3) is 2.10. The standard InChI is InChI=1S/C14H10N2OS/c17-14-11(9-10-5-2-1-3-6-10)15-13(16-14)12-7-4-8-18-12/h1-9H,(H,15,16,17)/b11-9+. The molecule has 0 unspecified atom stereocenters. The Morgan fingerprint density at radius 2 is 1.94 bits per heavy atom. The van der Waals surface area contributed by atoms with Crippen molar-refractivity contribution in [3.8, 4) is 0 Å². The van der Waals surface area contributed by atoms with Gasteiger partial charge in [0.1, 0.15) is 5.70 Å². The molecule has 3 nitrogen and oxygen atoms in total. The van der Waals surface area contributed by atoms with Crippen LogP contribution < -0.4 is 5.32 Å². The molecule has 0 atom stereocenters. The lowest BCUT2D eigenvalue weighted by Crippen LogP contribution is -2.23. The van der Waals surface area contributed by atoms with Crippen LogP contribution in [0.5, 0.6) is 0 Å². The van der Waals surface area contributed by atoms with Crippen LogP contribution in [-0.4, -0.2) is 11.7 Å². The van der Waals surface area contributed by atoms with Gasteiger partial charge in [0, 0.05) is 0 Å². The second-order valence-electron chi connectivity index (χ2n) is 3.83. The van der Waals surface area contributed by atoms with E-state index in [1.54, 1.807) is 17.4 Å². The molecule has 0 saturated heterocycles. The molecule has 88 valence electrons. The number of nitrogens with one attached hydrogen (secondary N) is 1. The summed E-state index contributed by atoms with van der Waals surface area (Å²) in [6.07, 6.45) is 1.79. The molecule has 18 heavy (non-hydrogen) atoms. The lowest BCUT2D eigenvalue weighted by atomic mass is 10.2. The minimum Gasteiger partial charge on any atom is -0.304 e. The number of thiophene rings is 1. The average molecular weight is 254 g/mol. The summed E-state index contributed by atoms with van der Waals surface area (Å²) in [6.45, 7) is 0. The number of benzene rings is 1. The number of hydrogen-bond donors (Lipinski definition) is 1. The first-order chi connectivity index (χ1) is 8.83. The summed E-state index contributed by atoms with van der Waals surface area (Å²) in [6, 6.07) is 13.6. The second-order valence-corrected chi connectivity index (χ2v) is 4.78. The lowest BCUT2D eigenvalue weighted by molar-refractivity contribution is -0.115. The van der Waals surface area contributed by atoms with Crippen LogP contribution in [0.1, 0.15) is 10.4 Å². The minimum atomic E-state index is -0.151. The van der Waals surface area contributed by atoms with Gasteiger partial charge in [-0.2, -0.15) is 0 Å². The summed E-state index contributed by atoms with van der Waals surface area (Å²) in [5.41, 5.74) is 1.42. The van der Waals surface area contributed by atoms with Gasteiger partial charge >= 0.3 is 0 Å². The molecule has 4 heteroatoms. The highest BCUT2D eigenvalue weighted by molar-refractivity contribution is 7.12. The van der Waals surface area contributed by atoms with Crippen molar-refractivity contribution < 1.29 is 4.79 Å². The molecular weight excluding hydrogens is 244 g/mol. The highest BCUT2D eigenvalue weighted by atomic mass is 32.1. The summed E-state index contributed by atoms with van der Waals surface area (Å²) in [7, 11) is 0. The van der Waals surface area contributed by atoms with Gasteiger partial charge in [-0.1, -0.05) is 36.4 Å². The predicted octanol–water partition coefficient (Wildman–Crippen LogP) is 2.67. The van der Waals surface area contributed by atoms with Gasteiger partial charge < -0.3 is 5.32 Å². The molecule has 0 radical (unpaired) electrons. The number of aliphatic imine (C=N–C) groups is 1. The van der Waals surface area contributed by atoms with Crippen LogP contribution in [0.25, 0.3) is 6.08 Å². The van der Waals surface area contributed by atoms with E-state index in [-0.39, 0.29) is 5.91 Å². The average Bonchev–Trinajstić information content (AvgIpc) is 3.01. The summed E-state index contributed by atoms with van der Waals surface area (Å²) < 4.78 is 0. The molecule has 1 aliphatic heterocycles. The Bertz CT molecular complexity index is 627. The smallest absolute Gasteiger partial charge is 0.275 e. The monoisotopic (exact) mass is 254 g/mol. The van der Waals surface area contributed by atoms with Crippen LogP contribution in [0.15, 0.2) is 58.5 Å². The molecule has 0 bridgehead atoms. The van der Waals surface area contributed by atoms with Gasteiger partial charge in [-0.3, -0.25) is 4.79 Å². The van der Waals surface area contributed by atoms with Crippen molar-refractivity contribution in [3.63, 3.8) is 0 Å². The maximum Gasteiger partial charge on any atom is 0.275 e. The van der Waals surface area contributed by atoms with Crippen molar-refractivity contribution in [2.45, 2.75) is 0 Å². The highest BCUT2D eigenvalue weighted by Gasteiger charge is 2.21. The third-order valence-electron chi connectivity index (χ3n) is 2.55. The van der Waals surface area contributed by atoms with Crippen molar-refractivity contribution >= 4 is 29.2 Å². The Hall–Kier alpha value is -2.20. The Kier molecular flexibility index (Phi) is 2.78. The molecule has 0 saturated carbocycles. The van der Waals surface area contributed by atoms with Gasteiger partial charge in [0.15, 0.2) is 5.84 Å². The molecular formula is C14H10N2OS. The number of amidine groups is 1. The number of carbonyl (C=O) groups is 1. The third-order valence-corrected chi connectivity index (χ3v) is 3.43. The van der Waals surface area contributed by atoms with Crippen LogP contribution in [-0.2, 0) is 4.79 Å². The molecule has 2 aromatic rings. The molecule has 0 aliphatic carbocycles. The second kappa shape index (κ2) is 4.58. The Labute approximate surface area is 108 Å². The largest absolute Gasteiger partial charge is 0.304 e. The first kappa shape index (κ1) is 10.9. The summed E-state index contributed by atoms with van der Waals surface area (Å²) in [4.78, 5) is 17.1. The topological polar surface area (TPSA) is 41.5 Å². The number of amides is 1. The molecule has 1 amide bonds. The fourth-order valence-corrected chi connectivity index (χ4v) is 2.37. The Morgan fingerprint density at radius 3 is 2.67 bits per heavy atom. The zero-order valence-corrected chi connectivity index (χ0v) is 10.3. The van der Waals surface area contributed by atoms with E-state index in [9.17, 15) is 4.79 Å². The number of carbonyl (C=O) groups excluding carboxylic acids is 1. The van der Waals surface area contributed by atoms with Gasteiger partial charge in [-0.05, 0) is 23.1 Å². The zero-order valence-electron chi connectivity index (χ0n) is 9.46. The summed E-state index contributed by atoms with van der Waals surface area (Å²) >= 11 is 1.56. The minimum absolute atomic E-state index is 0.151. The number of nitrogens with zero attached hydrogens (tertiary/aromatic N) is 1. The highest BCUT2D eigenvalue weighted by Crippen LogP contribution is 2.17. The Balaban J connectivity index is 1.94. The molecule has 3 rings (SSSR count). The van der Waals surface area contributed by atoms with Gasteiger partial charge in [0.25, 0.3) is 5.91 Å². The maximum absolute atomic E-state index is 11.8. The molecule has 1 aromatic heterocycles. The zero-order chi connectivity index (χ0) is 12.4. The van der Waals surface area contributed by atoms with Crippen LogP contribution in [0, 0.1) is 0 Å². The van der Waals surface area contributed by atoms with E-state index in [1.807, 2.05) is 47.8 Å².